The molecule has 11 nitrogen and oxygen atoms in total. The van der Waals surface area contributed by atoms with E-state index < -0.39 is 11.8 Å². The third-order valence-corrected chi connectivity index (χ3v) is 6.03. The van der Waals surface area contributed by atoms with Gasteiger partial charge in [-0.1, -0.05) is 0 Å². The lowest BCUT2D eigenvalue weighted by atomic mass is 10.0. The number of amides is 3. The molecule has 5 rings (SSSR count). The lowest BCUT2D eigenvalue weighted by Gasteiger charge is -2.18. The molecule has 12 heteroatoms. The van der Waals surface area contributed by atoms with Gasteiger partial charge in [-0.3, -0.25) is 4.79 Å². The van der Waals surface area contributed by atoms with Gasteiger partial charge in [0, 0.05) is 37.0 Å². The number of aromatic nitrogens is 2. The van der Waals surface area contributed by atoms with E-state index in [1.807, 2.05) is 0 Å². The zero-order valence-corrected chi connectivity index (χ0v) is 21.3. The summed E-state index contributed by atoms with van der Waals surface area (Å²) in [5.74, 6) is -0.194. The van der Waals surface area contributed by atoms with Crippen molar-refractivity contribution in [3.8, 4) is 23.4 Å². The Bertz CT molecular complexity index is 1650. The Kier molecular flexibility index (Phi) is 7.65. The second-order valence-corrected chi connectivity index (χ2v) is 8.74. The number of hydrogen-bond donors (Lipinski definition) is 3. The molecule has 0 unspecified atom stereocenters. The van der Waals surface area contributed by atoms with E-state index in [-0.39, 0.29) is 35.4 Å². The molecule has 0 spiro atoms. The number of anilines is 3. The van der Waals surface area contributed by atoms with Crippen LogP contribution in [0.2, 0.25) is 0 Å². The van der Waals surface area contributed by atoms with Crippen molar-refractivity contribution in [2.24, 2.45) is 0 Å². The van der Waals surface area contributed by atoms with Crippen molar-refractivity contribution in [2.75, 3.05) is 36.3 Å². The number of halogens is 1. The predicted octanol–water partition coefficient (Wildman–Crippen LogP) is 4.99. The molecule has 3 aromatic carbocycles. The molecule has 4 aromatic rings. The summed E-state index contributed by atoms with van der Waals surface area (Å²) < 4.78 is 31.3. The normalized spacial score (nSPS) is 12.2. The van der Waals surface area contributed by atoms with E-state index in [2.05, 4.69) is 32.0 Å². The first-order valence-corrected chi connectivity index (χ1v) is 12.2. The molecule has 0 bridgehead atoms. The quantitative estimate of drug-likeness (QED) is 0.264. The SMILES string of the molecule is COCCOc1cc2ncnc(Oc3ccc(NC(=O)Nc4ccc5c(c4)CCC(=O)N5)c(F)c3)c2cc1C#N. The molecule has 3 N–H and O–H groups in total. The van der Waals surface area contributed by atoms with Crippen molar-refractivity contribution in [3.05, 3.63) is 71.8 Å². The van der Waals surface area contributed by atoms with Gasteiger partial charge >= 0.3 is 6.03 Å². The number of carbonyl (C=O) groups excluding carboxylic acids is 2. The first-order chi connectivity index (χ1) is 19.4. The van der Waals surface area contributed by atoms with E-state index in [1.165, 1.54) is 24.5 Å². The number of methoxy groups -OCH3 is 1. The Morgan fingerprint density at radius 3 is 2.77 bits per heavy atom. The molecule has 0 saturated carbocycles. The van der Waals surface area contributed by atoms with Gasteiger partial charge in [0.25, 0.3) is 0 Å². The van der Waals surface area contributed by atoms with E-state index in [0.29, 0.717) is 47.5 Å². The number of ether oxygens (including phenoxy) is 3. The Morgan fingerprint density at radius 1 is 1.10 bits per heavy atom. The maximum Gasteiger partial charge on any atom is 0.323 e. The average Bonchev–Trinajstić information content (AvgIpc) is 2.94. The number of nitriles is 1. The predicted molar refractivity (Wildman–Crippen MR) is 144 cm³/mol. The largest absolute Gasteiger partial charge is 0.490 e. The van der Waals surface area contributed by atoms with Gasteiger partial charge in [-0.15, -0.1) is 0 Å². The van der Waals surface area contributed by atoms with Crippen molar-refractivity contribution < 1.29 is 28.2 Å². The first-order valence-electron chi connectivity index (χ1n) is 12.2. The van der Waals surface area contributed by atoms with Gasteiger partial charge in [0.05, 0.1) is 28.8 Å². The van der Waals surface area contributed by atoms with Gasteiger partial charge in [-0.05, 0) is 48.4 Å². The zero-order valence-electron chi connectivity index (χ0n) is 21.3. The Morgan fingerprint density at radius 2 is 1.98 bits per heavy atom. The number of nitrogens with one attached hydrogen (secondary N) is 3. The second-order valence-electron chi connectivity index (χ2n) is 8.74. The molecule has 0 fully saturated rings. The van der Waals surface area contributed by atoms with Crippen molar-refractivity contribution in [2.45, 2.75) is 12.8 Å². The molecule has 0 radical (unpaired) electrons. The lowest BCUT2D eigenvalue weighted by molar-refractivity contribution is -0.116. The van der Waals surface area contributed by atoms with Crippen LogP contribution in [0.4, 0.5) is 26.2 Å². The van der Waals surface area contributed by atoms with E-state index in [4.69, 9.17) is 14.2 Å². The summed E-state index contributed by atoms with van der Waals surface area (Å²) in [6, 6.07) is 13.6. The minimum Gasteiger partial charge on any atom is -0.490 e. The van der Waals surface area contributed by atoms with Crippen LogP contribution in [-0.2, 0) is 16.0 Å². The third-order valence-electron chi connectivity index (χ3n) is 6.03. The van der Waals surface area contributed by atoms with Crippen LogP contribution in [0.1, 0.15) is 17.5 Å². The van der Waals surface area contributed by atoms with Gasteiger partial charge < -0.3 is 30.2 Å². The maximum atomic E-state index is 14.9. The molecule has 1 aliphatic heterocycles. The van der Waals surface area contributed by atoms with E-state index in [9.17, 15) is 19.2 Å². The summed E-state index contributed by atoms with van der Waals surface area (Å²) in [6.45, 7) is 0.615. The number of urea groups is 1. The molecule has 1 aliphatic rings. The molecule has 2 heterocycles. The Labute approximate surface area is 227 Å². The van der Waals surface area contributed by atoms with Crippen LogP contribution in [0, 0.1) is 17.1 Å². The van der Waals surface area contributed by atoms with Crippen LogP contribution in [0.3, 0.4) is 0 Å². The molecule has 0 aliphatic carbocycles. The Balaban J connectivity index is 1.28. The van der Waals surface area contributed by atoms with Crippen LogP contribution < -0.4 is 25.4 Å². The fourth-order valence-electron chi connectivity index (χ4n) is 4.10. The first kappa shape index (κ1) is 26.3. The fraction of sp³-hybridized carbons (Fsp3) is 0.179. The molecule has 1 aromatic heterocycles. The highest BCUT2D eigenvalue weighted by molar-refractivity contribution is 6.00. The van der Waals surface area contributed by atoms with E-state index in [0.717, 1.165) is 11.6 Å². The van der Waals surface area contributed by atoms with Crippen LogP contribution in [0.5, 0.6) is 17.4 Å². The van der Waals surface area contributed by atoms with Gasteiger partial charge in [0.15, 0.2) is 0 Å². The number of aryl methyl sites for hydroxylation is 1. The molecule has 0 saturated heterocycles. The molecular weight excluding hydrogens is 519 g/mol. The molecule has 3 amide bonds. The molecule has 40 heavy (non-hydrogen) atoms. The smallest absolute Gasteiger partial charge is 0.323 e. The summed E-state index contributed by atoms with van der Waals surface area (Å²) >= 11 is 0. The topological polar surface area (TPSA) is 147 Å². The van der Waals surface area contributed by atoms with Crippen molar-refractivity contribution in [1.29, 1.82) is 5.26 Å². The summed E-state index contributed by atoms with van der Waals surface area (Å²) in [5.41, 5.74) is 2.78. The monoisotopic (exact) mass is 542 g/mol. The van der Waals surface area contributed by atoms with Gasteiger partial charge in [-0.2, -0.15) is 5.26 Å². The number of benzene rings is 3. The zero-order chi connectivity index (χ0) is 28.1. The minimum absolute atomic E-state index is 0.0499. The standard InChI is InChI=1S/C28H23FN6O5/c1-38-8-9-39-25-13-24-20(11-17(25)14-30)27(32-15-31-24)40-19-4-6-23(21(29)12-19)35-28(37)33-18-3-5-22-16(10-18)2-7-26(36)34-22/h3-6,10-13,15H,2,7-9H2,1H3,(H,34,36)(H2,33,35,37). The summed E-state index contributed by atoms with van der Waals surface area (Å²) in [5, 5.41) is 17.9. The van der Waals surface area contributed by atoms with Crippen LogP contribution >= 0.6 is 0 Å². The minimum atomic E-state index is -0.731. The van der Waals surface area contributed by atoms with Crippen LogP contribution in [0.15, 0.2) is 54.9 Å². The number of rotatable bonds is 8. The van der Waals surface area contributed by atoms with E-state index in [1.54, 1.807) is 31.4 Å². The number of fused-ring (bicyclic) bond motifs is 2. The summed E-state index contributed by atoms with van der Waals surface area (Å²) in [7, 11) is 1.55. The van der Waals surface area contributed by atoms with Gasteiger partial charge in [-0.25, -0.2) is 19.2 Å². The second kappa shape index (κ2) is 11.6. The number of hydrogen-bond acceptors (Lipinski definition) is 8. The van der Waals surface area contributed by atoms with E-state index >= 15 is 0 Å². The van der Waals surface area contributed by atoms with Crippen molar-refractivity contribution in [1.82, 2.24) is 9.97 Å². The highest BCUT2D eigenvalue weighted by Crippen LogP contribution is 2.33. The van der Waals surface area contributed by atoms with Gasteiger partial charge in [0.2, 0.25) is 11.8 Å². The number of nitrogens with zero attached hydrogens (tertiary/aromatic N) is 3. The highest BCUT2D eigenvalue weighted by atomic mass is 19.1. The number of carbonyl (C=O) groups is 2. The van der Waals surface area contributed by atoms with Crippen molar-refractivity contribution in [3.63, 3.8) is 0 Å². The molecular formula is C28H23FN6O5. The molecule has 202 valence electrons. The molecule has 0 atom stereocenters. The van der Waals surface area contributed by atoms with Crippen molar-refractivity contribution >= 4 is 39.9 Å². The third kappa shape index (κ3) is 5.90. The van der Waals surface area contributed by atoms with Gasteiger partial charge in [0.1, 0.15) is 36.3 Å². The summed E-state index contributed by atoms with van der Waals surface area (Å²) in [6.07, 6.45) is 2.22. The average molecular weight is 543 g/mol. The maximum absolute atomic E-state index is 14.9. The van der Waals surface area contributed by atoms with Crippen LogP contribution in [0.25, 0.3) is 10.9 Å². The Hall–Kier alpha value is -5.28. The van der Waals surface area contributed by atoms with Crippen LogP contribution in [-0.4, -0.2) is 42.2 Å². The highest BCUT2D eigenvalue weighted by Gasteiger charge is 2.17. The fourth-order valence-corrected chi connectivity index (χ4v) is 4.10. The summed E-state index contributed by atoms with van der Waals surface area (Å²) in [4.78, 5) is 32.4. The lowest BCUT2D eigenvalue weighted by Crippen LogP contribution is -2.21.